The molecular formula is C14H16F2N2O3. The fourth-order valence-electron chi connectivity index (χ4n) is 2.07. The van der Waals surface area contributed by atoms with Crippen LogP contribution in [-0.4, -0.2) is 9.97 Å². The molecule has 0 saturated heterocycles. The molecule has 0 spiro atoms. The predicted octanol–water partition coefficient (Wildman–Crippen LogP) is 2.79. The molecule has 0 radical (unpaired) electrons. The summed E-state index contributed by atoms with van der Waals surface area (Å²) < 4.78 is 30.0. The monoisotopic (exact) mass is 298 g/mol. The molecule has 2 aromatic heterocycles. The molecule has 1 atom stereocenters. The van der Waals surface area contributed by atoms with Crippen molar-refractivity contribution in [1.29, 1.82) is 0 Å². The van der Waals surface area contributed by atoms with Crippen LogP contribution in [0, 0.1) is 5.92 Å². The summed E-state index contributed by atoms with van der Waals surface area (Å²) >= 11 is 0. The molecule has 2 aromatic rings. The number of hydrogen-bond donors (Lipinski definition) is 1. The minimum Gasteiger partial charge on any atom is -0.403 e. The molecule has 114 valence electrons. The van der Waals surface area contributed by atoms with Crippen LogP contribution < -0.4 is 11.2 Å². The number of nitrogens with zero attached hydrogens (tertiary/aromatic N) is 1. The lowest BCUT2D eigenvalue weighted by molar-refractivity contribution is 0.140. The summed E-state index contributed by atoms with van der Waals surface area (Å²) in [5.41, 5.74) is -1.25. The highest BCUT2D eigenvalue weighted by Crippen LogP contribution is 2.19. The summed E-state index contributed by atoms with van der Waals surface area (Å²) in [5, 5.41) is 0.0716. The SMILES string of the molecule is CCC(C)CCc1cc(=O)oc2nc(C(F)F)[nH]c(=O)c12. The number of hydrogen-bond acceptors (Lipinski definition) is 4. The third-order valence-electron chi connectivity index (χ3n) is 3.53. The smallest absolute Gasteiger partial charge is 0.337 e. The van der Waals surface area contributed by atoms with Crippen molar-refractivity contribution in [2.75, 3.05) is 0 Å². The van der Waals surface area contributed by atoms with Crippen molar-refractivity contribution < 1.29 is 13.2 Å². The van der Waals surface area contributed by atoms with Gasteiger partial charge in [-0.25, -0.2) is 13.6 Å². The van der Waals surface area contributed by atoms with Crippen molar-refractivity contribution in [2.24, 2.45) is 5.92 Å². The van der Waals surface area contributed by atoms with Crippen LogP contribution in [0.5, 0.6) is 0 Å². The van der Waals surface area contributed by atoms with Gasteiger partial charge in [0.1, 0.15) is 5.39 Å². The van der Waals surface area contributed by atoms with Gasteiger partial charge in [0.25, 0.3) is 12.0 Å². The lowest BCUT2D eigenvalue weighted by Crippen LogP contribution is -2.16. The van der Waals surface area contributed by atoms with Crippen LogP contribution in [0.2, 0.25) is 0 Å². The summed E-state index contributed by atoms with van der Waals surface area (Å²) in [7, 11) is 0. The van der Waals surface area contributed by atoms with E-state index in [-0.39, 0.29) is 11.1 Å². The van der Waals surface area contributed by atoms with E-state index in [0.29, 0.717) is 17.9 Å². The molecule has 0 amide bonds. The molecule has 2 rings (SSSR count). The van der Waals surface area contributed by atoms with Crippen LogP contribution in [0.4, 0.5) is 8.78 Å². The summed E-state index contributed by atoms with van der Waals surface area (Å²) in [4.78, 5) is 29.0. The average molecular weight is 298 g/mol. The van der Waals surface area contributed by atoms with Crippen LogP contribution >= 0.6 is 0 Å². The number of fused-ring (bicyclic) bond motifs is 1. The van der Waals surface area contributed by atoms with Crippen molar-refractivity contribution in [3.05, 3.63) is 38.2 Å². The topological polar surface area (TPSA) is 76.0 Å². The maximum atomic E-state index is 12.6. The molecule has 1 N–H and O–H groups in total. The van der Waals surface area contributed by atoms with Crippen molar-refractivity contribution in [2.45, 2.75) is 39.5 Å². The Morgan fingerprint density at radius 3 is 2.71 bits per heavy atom. The molecule has 0 aliphatic heterocycles. The second kappa shape index (κ2) is 6.15. The highest BCUT2D eigenvalue weighted by atomic mass is 19.3. The van der Waals surface area contributed by atoms with Crippen LogP contribution in [0.15, 0.2) is 20.1 Å². The third-order valence-corrected chi connectivity index (χ3v) is 3.53. The largest absolute Gasteiger partial charge is 0.403 e. The van der Waals surface area contributed by atoms with Gasteiger partial charge in [0, 0.05) is 6.07 Å². The number of aromatic nitrogens is 2. The predicted molar refractivity (Wildman–Crippen MR) is 73.6 cm³/mol. The van der Waals surface area contributed by atoms with E-state index in [0.717, 1.165) is 12.8 Å². The quantitative estimate of drug-likeness (QED) is 0.921. The third kappa shape index (κ3) is 3.34. The Kier molecular flexibility index (Phi) is 4.50. The summed E-state index contributed by atoms with van der Waals surface area (Å²) in [6.45, 7) is 4.11. The van der Waals surface area contributed by atoms with E-state index in [2.05, 4.69) is 11.9 Å². The van der Waals surface area contributed by atoms with E-state index in [1.807, 2.05) is 11.9 Å². The first-order valence-electron chi connectivity index (χ1n) is 6.77. The highest BCUT2D eigenvalue weighted by molar-refractivity contribution is 5.75. The van der Waals surface area contributed by atoms with Gasteiger partial charge in [-0.05, 0) is 24.3 Å². The van der Waals surface area contributed by atoms with Gasteiger partial charge < -0.3 is 9.40 Å². The number of nitrogens with one attached hydrogen (secondary N) is 1. The van der Waals surface area contributed by atoms with Gasteiger partial charge in [0.05, 0.1) is 0 Å². The second-order valence-electron chi connectivity index (χ2n) is 5.07. The molecule has 0 saturated carbocycles. The van der Waals surface area contributed by atoms with E-state index < -0.39 is 23.4 Å². The van der Waals surface area contributed by atoms with Gasteiger partial charge >= 0.3 is 5.63 Å². The zero-order chi connectivity index (χ0) is 15.6. The number of aryl methyl sites for hydroxylation is 1. The summed E-state index contributed by atoms with van der Waals surface area (Å²) in [6.07, 6.45) is -0.680. The lowest BCUT2D eigenvalue weighted by Gasteiger charge is -2.09. The molecule has 2 heterocycles. The Morgan fingerprint density at radius 2 is 2.10 bits per heavy atom. The number of H-pyrrole nitrogens is 1. The van der Waals surface area contributed by atoms with Crippen LogP contribution in [0.25, 0.3) is 11.1 Å². The van der Waals surface area contributed by atoms with Crippen molar-refractivity contribution in [1.82, 2.24) is 9.97 Å². The Morgan fingerprint density at radius 1 is 1.38 bits per heavy atom. The van der Waals surface area contributed by atoms with Gasteiger partial charge in [0.15, 0.2) is 5.82 Å². The number of aromatic amines is 1. The van der Waals surface area contributed by atoms with Gasteiger partial charge in [0.2, 0.25) is 5.71 Å². The first-order valence-corrected chi connectivity index (χ1v) is 6.77. The van der Waals surface area contributed by atoms with Crippen molar-refractivity contribution in [3.63, 3.8) is 0 Å². The van der Waals surface area contributed by atoms with Gasteiger partial charge in [-0.3, -0.25) is 4.79 Å². The van der Waals surface area contributed by atoms with Crippen LogP contribution in [-0.2, 0) is 6.42 Å². The standard InChI is InChI=1S/C14H16F2N2O3/c1-3-7(2)4-5-8-6-9(19)21-14-10(8)13(20)17-12(18-14)11(15)16/h6-7,11H,3-5H2,1-2H3,(H,17,18,20). The number of halogens is 2. The number of alkyl halides is 2. The average Bonchev–Trinajstić information content (AvgIpc) is 2.43. The molecule has 0 fully saturated rings. The molecule has 0 aliphatic carbocycles. The highest BCUT2D eigenvalue weighted by Gasteiger charge is 2.17. The molecule has 0 bridgehead atoms. The van der Waals surface area contributed by atoms with Crippen LogP contribution in [0.1, 0.15) is 44.5 Å². The molecule has 21 heavy (non-hydrogen) atoms. The summed E-state index contributed by atoms with van der Waals surface area (Å²) in [6, 6.07) is 1.23. The Bertz CT molecular complexity index is 752. The Labute approximate surface area is 119 Å². The van der Waals surface area contributed by atoms with E-state index in [1.165, 1.54) is 6.07 Å². The van der Waals surface area contributed by atoms with Crippen molar-refractivity contribution >= 4 is 11.1 Å². The molecular weight excluding hydrogens is 282 g/mol. The first kappa shape index (κ1) is 15.3. The van der Waals surface area contributed by atoms with E-state index in [4.69, 9.17) is 4.42 Å². The summed E-state index contributed by atoms with van der Waals surface area (Å²) in [5.74, 6) is -0.366. The Hall–Kier alpha value is -2.05. The van der Waals surface area contributed by atoms with Crippen molar-refractivity contribution in [3.8, 4) is 0 Å². The van der Waals surface area contributed by atoms with Gasteiger partial charge in [-0.1, -0.05) is 20.3 Å². The van der Waals surface area contributed by atoms with Gasteiger partial charge in [-0.2, -0.15) is 4.98 Å². The maximum absolute atomic E-state index is 12.6. The lowest BCUT2D eigenvalue weighted by atomic mass is 9.98. The fraction of sp³-hybridized carbons (Fsp3) is 0.500. The van der Waals surface area contributed by atoms with E-state index >= 15 is 0 Å². The first-order chi connectivity index (χ1) is 9.92. The fourth-order valence-corrected chi connectivity index (χ4v) is 2.07. The molecule has 7 heteroatoms. The Balaban J connectivity index is 2.56. The minimum atomic E-state index is -2.93. The second-order valence-corrected chi connectivity index (χ2v) is 5.07. The van der Waals surface area contributed by atoms with E-state index in [9.17, 15) is 18.4 Å². The zero-order valence-corrected chi connectivity index (χ0v) is 11.8. The normalized spacial score (nSPS) is 13.0. The van der Waals surface area contributed by atoms with Gasteiger partial charge in [-0.15, -0.1) is 0 Å². The maximum Gasteiger partial charge on any atom is 0.337 e. The van der Waals surface area contributed by atoms with E-state index in [1.54, 1.807) is 0 Å². The minimum absolute atomic E-state index is 0.0716. The molecule has 0 aromatic carbocycles. The zero-order valence-electron chi connectivity index (χ0n) is 11.8. The number of rotatable bonds is 5. The molecule has 5 nitrogen and oxygen atoms in total. The molecule has 0 aliphatic rings. The molecule has 1 unspecified atom stereocenters. The van der Waals surface area contributed by atoms with Crippen LogP contribution in [0.3, 0.4) is 0 Å².